The van der Waals surface area contributed by atoms with Gasteiger partial charge in [0.15, 0.2) is 23.1 Å². The zero-order chi connectivity index (χ0) is 30.7. The summed E-state index contributed by atoms with van der Waals surface area (Å²) in [5, 5.41) is 9.25. The van der Waals surface area contributed by atoms with Crippen molar-refractivity contribution in [1.82, 2.24) is 10.3 Å². The molecule has 4 aromatic rings. The van der Waals surface area contributed by atoms with Crippen LogP contribution in [0.2, 0.25) is 0 Å². The van der Waals surface area contributed by atoms with Crippen LogP contribution in [0.5, 0.6) is 23.0 Å². The highest BCUT2D eigenvalue weighted by Crippen LogP contribution is 2.47. The smallest absolute Gasteiger partial charge is 0.240 e. The molecule has 0 unspecified atom stereocenters. The van der Waals surface area contributed by atoms with Crippen molar-refractivity contribution in [2.45, 2.75) is 25.7 Å². The van der Waals surface area contributed by atoms with Crippen LogP contribution in [-0.2, 0) is 9.59 Å². The highest BCUT2D eigenvalue weighted by atomic mass is 19.1. The molecule has 228 valence electrons. The lowest BCUT2D eigenvalue weighted by molar-refractivity contribution is -0.131. The van der Waals surface area contributed by atoms with Crippen LogP contribution in [0.25, 0.3) is 10.9 Å². The lowest BCUT2D eigenvalue weighted by Gasteiger charge is -2.23. The third kappa shape index (κ3) is 6.28. The SMILES string of the molecule is COc1cc2c(Oc3ccc(NC(=O)C4(C(=O)Nc5ccc(F)cc5)CC4)cc3F)ccnc2cc1OCC1CCNCC1. The molecule has 1 aliphatic carbocycles. The molecule has 1 saturated heterocycles. The van der Waals surface area contributed by atoms with Crippen molar-refractivity contribution in [1.29, 1.82) is 0 Å². The van der Waals surface area contributed by atoms with E-state index in [1.165, 1.54) is 36.4 Å². The number of methoxy groups -OCH3 is 1. The van der Waals surface area contributed by atoms with Crippen molar-refractivity contribution in [3.63, 3.8) is 0 Å². The molecule has 0 radical (unpaired) electrons. The van der Waals surface area contributed by atoms with Gasteiger partial charge in [0.2, 0.25) is 11.8 Å². The minimum atomic E-state index is -1.27. The molecule has 1 aromatic heterocycles. The predicted molar refractivity (Wildman–Crippen MR) is 161 cm³/mol. The number of ether oxygens (including phenoxy) is 3. The average Bonchev–Trinajstić information content (AvgIpc) is 3.85. The minimum Gasteiger partial charge on any atom is -0.493 e. The molecule has 9 nitrogen and oxygen atoms in total. The van der Waals surface area contributed by atoms with Gasteiger partial charge in [0.05, 0.1) is 19.2 Å². The van der Waals surface area contributed by atoms with E-state index in [0.717, 1.165) is 32.0 Å². The number of anilines is 2. The van der Waals surface area contributed by atoms with E-state index in [1.54, 1.807) is 31.5 Å². The van der Waals surface area contributed by atoms with Crippen molar-refractivity contribution >= 4 is 34.1 Å². The Balaban J connectivity index is 1.14. The van der Waals surface area contributed by atoms with E-state index in [4.69, 9.17) is 14.2 Å². The Morgan fingerprint density at radius 1 is 0.886 bits per heavy atom. The third-order valence-corrected chi connectivity index (χ3v) is 8.05. The molecule has 0 bridgehead atoms. The highest BCUT2D eigenvalue weighted by molar-refractivity contribution is 6.16. The fraction of sp³-hybridized carbons (Fsp3) is 0.303. The molecular weight excluding hydrogens is 570 g/mol. The normalized spacial score (nSPS) is 15.8. The van der Waals surface area contributed by atoms with Gasteiger partial charge in [-0.2, -0.15) is 0 Å². The molecular formula is C33H32F2N4O5. The van der Waals surface area contributed by atoms with Gasteiger partial charge in [-0.25, -0.2) is 8.78 Å². The summed E-state index contributed by atoms with van der Waals surface area (Å²) >= 11 is 0. The van der Waals surface area contributed by atoms with E-state index in [1.807, 2.05) is 0 Å². The van der Waals surface area contributed by atoms with Gasteiger partial charge >= 0.3 is 0 Å². The topological polar surface area (TPSA) is 111 Å². The summed E-state index contributed by atoms with van der Waals surface area (Å²) in [6.45, 7) is 2.53. The van der Waals surface area contributed by atoms with Crippen LogP contribution in [0.3, 0.4) is 0 Å². The van der Waals surface area contributed by atoms with E-state index in [2.05, 4.69) is 20.9 Å². The van der Waals surface area contributed by atoms with Gasteiger partial charge in [-0.05, 0) is 93.2 Å². The summed E-state index contributed by atoms with van der Waals surface area (Å²) in [4.78, 5) is 30.3. The zero-order valence-electron chi connectivity index (χ0n) is 24.1. The number of hydrogen-bond donors (Lipinski definition) is 3. The molecule has 0 spiro atoms. The maximum atomic E-state index is 15.2. The first-order valence-electron chi connectivity index (χ1n) is 14.5. The van der Waals surface area contributed by atoms with Crippen molar-refractivity contribution in [2.75, 3.05) is 37.4 Å². The number of pyridine rings is 1. The summed E-state index contributed by atoms with van der Waals surface area (Å²) in [6.07, 6.45) is 4.36. The molecule has 3 N–H and O–H groups in total. The number of nitrogens with zero attached hydrogens (tertiary/aromatic N) is 1. The summed E-state index contributed by atoms with van der Waals surface area (Å²) in [7, 11) is 1.56. The van der Waals surface area contributed by atoms with Crippen molar-refractivity contribution in [3.8, 4) is 23.0 Å². The molecule has 2 heterocycles. The number of benzene rings is 3. The molecule has 2 fully saturated rings. The number of aromatic nitrogens is 1. The largest absolute Gasteiger partial charge is 0.493 e. The fourth-order valence-corrected chi connectivity index (χ4v) is 5.24. The van der Waals surface area contributed by atoms with Crippen LogP contribution in [0.4, 0.5) is 20.2 Å². The molecule has 6 rings (SSSR count). The third-order valence-electron chi connectivity index (χ3n) is 8.05. The number of carbonyl (C=O) groups excluding carboxylic acids is 2. The Hall–Kier alpha value is -4.77. The Kier molecular flexibility index (Phi) is 8.30. The van der Waals surface area contributed by atoms with Gasteiger partial charge in [-0.3, -0.25) is 14.6 Å². The van der Waals surface area contributed by atoms with Crippen molar-refractivity contribution in [3.05, 3.63) is 78.5 Å². The number of hydrogen-bond acceptors (Lipinski definition) is 7. The van der Waals surface area contributed by atoms with Gasteiger partial charge < -0.3 is 30.2 Å². The summed E-state index contributed by atoms with van der Waals surface area (Å²) in [5.41, 5.74) is -0.116. The van der Waals surface area contributed by atoms with Crippen LogP contribution in [0.15, 0.2) is 66.9 Å². The Morgan fingerprint density at radius 2 is 1.59 bits per heavy atom. The maximum Gasteiger partial charge on any atom is 0.240 e. The molecule has 0 atom stereocenters. The van der Waals surface area contributed by atoms with E-state index in [0.29, 0.717) is 59.2 Å². The summed E-state index contributed by atoms with van der Waals surface area (Å²) < 4.78 is 46.0. The number of fused-ring (bicyclic) bond motifs is 1. The number of rotatable bonds is 10. The quantitative estimate of drug-likeness (QED) is 0.190. The number of carbonyl (C=O) groups is 2. The van der Waals surface area contributed by atoms with Gasteiger partial charge in [-0.1, -0.05) is 0 Å². The standard InChI is InChI=1S/C33H32F2N4O5/c1-42-29-17-24-26(18-30(29)43-19-20-8-13-36-14-9-20)37-15-10-27(24)44-28-7-6-23(16-25(28)35)39-32(41)33(11-12-33)31(40)38-22-4-2-21(34)3-5-22/h2-7,10,15-18,20,36H,8-9,11-14,19H2,1H3,(H,38,40)(H,39,41). The van der Waals surface area contributed by atoms with E-state index < -0.39 is 28.9 Å². The molecule has 2 aliphatic rings. The van der Waals surface area contributed by atoms with Gasteiger partial charge in [0, 0.05) is 35.1 Å². The number of nitrogens with one attached hydrogen (secondary N) is 3. The van der Waals surface area contributed by atoms with E-state index in [-0.39, 0.29) is 11.4 Å². The van der Waals surface area contributed by atoms with Crippen LogP contribution < -0.4 is 30.2 Å². The van der Waals surface area contributed by atoms with Gasteiger partial charge in [0.25, 0.3) is 0 Å². The van der Waals surface area contributed by atoms with Crippen LogP contribution in [0.1, 0.15) is 25.7 Å². The second kappa shape index (κ2) is 12.5. The Morgan fingerprint density at radius 3 is 2.27 bits per heavy atom. The molecule has 1 aliphatic heterocycles. The zero-order valence-corrected chi connectivity index (χ0v) is 24.1. The number of amides is 2. The lowest BCUT2D eigenvalue weighted by atomic mass is 9.99. The molecule has 44 heavy (non-hydrogen) atoms. The van der Waals surface area contributed by atoms with Gasteiger partial charge in [0.1, 0.15) is 17.0 Å². The summed E-state index contributed by atoms with van der Waals surface area (Å²) in [5.74, 6) is -0.327. The first-order valence-corrected chi connectivity index (χ1v) is 14.5. The minimum absolute atomic E-state index is 0.0594. The van der Waals surface area contributed by atoms with E-state index >= 15 is 4.39 Å². The lowest BCUT2D eigenvalue weighted by Crippen LogP contribution is -2.35. The first-order chi connectivity index (χ1) is 21.3. The highest BCUT2D eigenvalue weighted by Gasteiger charge is 2.56. The van der Waals surface area contributed by atoms with Gasteiger partial charge in [-0.15, -0.1) is 0 Å². The van der Waals surface area contributed by atoms with Crippen molar-refractivity contribution < 1.29 is 32.6 Å². The summed E-state index contributed by atoms with van der Waals surface area (Å²) in [6, 6.07) is 14.5. The second-order valence-electron chi connectivity index (χ2n) is 11.1. The number of piperidine rings is 1. The maximum absolute atomic E-state index is 15.2. The molecule has 11 heteroatoms. The van der Waals surface area contributed by atoms with Crippen LogP contribution in [-0.4, -0.2) is 43.6 Å². The monoisotopic (exact) mass is 602 g/mol. The molecule has 2 amide bonds. The molecule has 3 aromatic carbocycles. The van der Waals surface area contributed by atoms with Crippen LogP contribution >= 0.6 is 0 Å². The fourth-order valence-electron chi connectivity index (χ4n) is 5.24. The number of halogens is 2. The van der Waals surface area contributed by atoms with E-state index in [9.17, 15) is 14.0 Å². The van der Waals surface area contributed by atoms with Crippen LogP contribution in [0, 0.1) is 23.0 Å². The molecule has 1 saturated carbocycles. The Bertz CT molecular complexity index is 1690. The Labute approximate surface area is 252 Å². The van der Waals surface area contributed by atoms with Crippen molar-refractivity contribution in [2.24, 2.45) is 11.3 Å². The predicted octanol–water partition coefficient (Wildman–Crippen LogP) is 6.05. The average molecular weight is 603 g/mol. The first kappa shape index (κ1) is 29.3. The second-order valence-corrected chi connectivity index (χ2v) is 11.1.